The zero-order valence-corrected chi connectivity index (χ0v) is 11.5. The molecule has 100 valence electrons. The van der Waals surface area contributed by atoms with Crippen molar-refractivity contribution in [2.45, 2.75) is 31.2 Å². The van der Waals surface area contributed by atoms with Crippen molar-refractivity contribution in [3.63, 3.8) is 0 Å². The quantitative estimate of drug-likeness (QED) is 0.755. The topological polar surface area (TPSA) is 84.2 Å². The molecule has 0 aromatic heterocycles. The Kier molecular flexibility index (Phi) is 3.61. The second kappa shape index (κ2) is 4.87. The van der Waals surface area contributed by atoms with Gasteiger partial charge in [0.25, 0.3) is 0 Å². The second-order valence-electron chi connectivity index (χ2n) is 4.79. The molecule has 1 fully saturated rings. The lowest BCUT2D eigenvalue weighted by atomic mass is 10.1. The standard InChI is InChI=1S/C12H19N3O2S/c1-8-5-11(18(13,16)17)6-12(9(8)2)15-10-3-4-14-7-10/h5-6,10,14-15H,3-4,7H2,1-2H3,(H2,13,16,17). The predicted molar refractivity (Wildman–Crippen MR) is 72.2 cm³/mol. The van der Waals surface area contributed by atoms with E-state index in [1.807, 2.05) is 13.8 Å². The third kappa shape index (κ3) is 2.82. The van der Waals surface area contributed by atoms with Gasteiger partial charge >= 0.3 is 0 Å². The molecule has 0 amide bonds. The summed E-state index contributed by atoms with van der Waals surface area (Å²) in [7, 11) is -3.65. The third-order valence-electron chi connectivity index (χ3n) is 3.39. The molecule has 1 aliphatic rings. The van der Waals surface area contributed by atoms with E-state index in [1.54, 1.807) is 12.1 Å². The van der Waals surface area contributed by atoms with Crippen LogP contribution in [0, 0.1) is 13.8 Å². The smallest absolute Gasteiger partial charge is 0.238 e. The molecule has 1 heterocycles. The molecule has 0 aliphatic carbocycles. The first kappa shape index (κ1) is 13.3. The van der Waals surface area contributed by atoms with Crippen LogP contribution in [0.5, 0.6) is 0 Å². The number of nitrogens with one attached hydrogen (secondary N) is 2. The number of anilines is 1. The molecule has 0 saturated carbocycles. The lowest BCUT2D eigenvalue weighted by molar-refractivity contribution is 0.597. The lowest BCUT2D eigenvalue weighted by Crippen LogP contribution is -2.23. The SMILES string of the molecule is Cc1cc(S(N)(=O)=O)cc(NC2CCNC2)c1C. The molecule has 18 heavy (non-hydrogen) atoms. The van der Waals surface area contributed by atoms with Crippen LogP contribution < -0.4 is 15.8 Å². The molecule has 0 radical (unpaired) electrons. The fourth-order valence-electron chi connectivity index (χ4n) is 2.14. The minimum Gasteiger partial charge on any atom is -0.381 e. The number of sulfonamides is 1. The average molecular weight is 269 g/mol. The van der Waals surface area contributed by atoms with Crippen molar-refractivity contribution in [3.8, 4) is 0 Å². The van der Waals surface area contributed by atoms with Gasteiger partial charge < -0.3 is 10.6 Å². The molecule has 5 nitrogen and oxygen atoms in total. The van der Waals surface area contributed by atoms with E-state index in [0.29, 0.717) is 6.04 Å². The van der Waals surface area contributed by atoms with Crippen molar-refractivity contribution in [1.29, 1.82) is 0 Å². The molecule has 1 unspecified atom stereocenters. The largest absolute Gasteiger partial charge is 0.381 e. The molecular weight excluding hydrogens is 250 g/mol. The summed E-state index contributed by atoms with van der Waals surface area (Å²) in [5.41, 5.74) is 2.84. The number of nitrogens with two attached hydrogens (primary N) is 1. The van der Waals surface area contributed by atoms with Crippen LogP contribution in [0.4, 0.5) is 5.69 Å². The van der Waals surface area contributed by atoms with Crippen molar-refractivity contribution in [2.75, 3.05) is 18.4 Å². The summed E-state index contributed by atoms with van der Waals surface area (Å²) in [6.07, 6.45) is 1.04. The van der Waals surface area contributed by atoms with Crippen LogP contribution in [0.15, 0.2) is 17.0 Å². The zero-order chi connectivity index (χ0) is 13.3. The van der Waals surface area contributed by atoms with Gasteiger partial charge in [0.15, 0.2) is 0 Å². The first-order valence-electron chi connectivity index (χ1n) is 5.99. The maximum atomic E-state index is 11.4. The highest BCUT2D eigenvalue weighted by Gasteiger charge is 2.17. The summed E-state index contributed by atoms with van der Waals surface area (Å²) in [6, 6.07) is 3.58. The molecular formula is C12H19N3O2S. The molecule has 0 spiro atoms. The third-order valence-corrected chi connectivity index (χ3v) is 4.28. The molecule has 1 aliphatic heterocycles. The van der Waals surface area contributed by atoms with Gasteiger partial charge in [-0.1, -0.05) is 0 Å². The van der Waals surface area contributed by atoms with Gasteiger partial charge in [-0.3, -0.25) is 0 Å². The van der Waals surface area contributed by atoms with Gasteiger partial charge in [0.05, 0.1) is 4.90 Å². The number of benzene rings is 1. The van der Waals surface area contributed by atoms with Gasteiger partial charge in [0, 0.05) is 18.3 Å². The van der Waals surface area contributed by atoms with Gasteiger partial charge in [0.2, 0.25) is 10.0 Å². The van der Waals surface area contributed by atoms with Crippen LogP contribution in [0.1, 0.15) is 17.5 Å². The predicted octanol–water partition coefficient (Wildman–Crippen LogP) is 0.725. The van der Waals surface area contributed by atoms with E-state index in [2.05, 4.69) is 10.6 Å². The second-order valence-corrected chi connectivity index (χ2v) is 6.35. The fourth-order valence-corrected chi connectivity index (χ4v) is 2.76. The van der Waals surface area contributed by atoms with Gasteiger partial charge in [-0.2, -0.15) is 0 Å². The minimum absolute atomic E-state index is 0.166. The van der Waals surface area contributed by atoms with E-state index in [4.69, 9.17) is 5.14 Å². The van der Waals surface area contributed by atoms with Crippen molar-refractivity contribution in [1.82, 2.24) is 5.32 Å². The molecule has 1 atom stereocenters. The minimum atomic E-state index is -3.65. The van der Waals surface area contributed by atoms with Crippen LogP contribution in [0.2, 0.25) is 0 Å². The highest BCUT2D eigenvalue weighted by atomic mass is 32.2. The Balaban J connectivity index is 2.36. The Bertz CT molecular complexity index is 549. The van der Waals surface area contributed by atoms with Crippen LogP contribution in [0.25, 0.3) is 0 Å². The first-order chi connectivity index (χ1) is 8.38. The van der Waals surface area contributed by atoms with Crippen LogP contribution in [-0.4, -0.2) is 27.5 Å². The summed E-state index contributed by atoms with van der Waals surface area (Å²) in [6.45, 7) is 5.76. The van der Waals surface area contributed by atoms with Crippen molar-refractivity contribution >= 4 is 15.7 Å². The summed E-state index contributed by atoms with van der Waals surface area (Å²) < 4.78 is 22.8. The Hall–Kier alpha value is -1.11. The van der Waals surface area contributed by atoms with Crippen LogP contribution >= 0.6 is 0 Å². The molecule has 1 saturated heterocycles. The molecule has 0 bridgehead atoms. The van der Waals surface area contributed by atoms with Crippen molar-refractivity contribution in [3.05, 3.63) is 23.3 Å². The number of hydrogen-bond acceptors (Lipinski definition) is 4. The molecule has 4 N–H and O–H groups in total. The summed E-state index contributed by atoms with van der Waals surface area (Å²) in [5.74, 6) is 0. The normalized spacial score (nSPS) is 20.1. The summed E-state index contributed by atoms with van der Waals surface area (Å²) in [5, 5.41) is 11.8. The van der Waals surface area contributed by atoms with Gasteiger partial charge in [0.1, 0.15) is 0 Å². The van der Waals surface area contributed by atoms with Gasteiger partial charge in [-0.15, -0.1) is 0 Å². The molecule has 2 rings (SSSR count). The van der Waals surface area contributed by atoms with Gasteiger partial charge in [-0.05, 0) is 50.1 Å². The monoisotopic (exact) mass is 269 g/mol. The average Bonchev–Trinajstić information content (AvgIpc) is 2.75. The Morgan fingerprint density at radius 1 is 1.39 bits per heavy atom. The lowest BCUT2D eigenvalue weighted by Gasteiger charge is -2.17. The molecule has 1 aromatic carbocycles. The maximum Gasteiger partial charge on any atom is 0.238 e. The van der Waals surface area contributed by atoms with E-state index in [9.17, 15) is 8.42 Å². The van der Waals surface area contributed by atoms with Crippen LogP contribution in [-0.2, 0) is 10.0 Å². The molecule has 1 aromatic rings. The number of aryl methyl sites for hydroxylation is 1. The maximum absolute atomic E-state index is 11.4. The zero-order valence-electron chi connectivity index (χ0n) is 10.7. The molecule has 6 heteroatoms. The van der Waals surface area contributed by atoms with E-state index in [-0.39, 0.29) is 4.90 Å². The summed E-state index contributed by atoms with van der Waals surface area (Å²) >= 11 is 0. The Morgan fingerprint density at radius 3 is 2.67 bits per heavy atom. The number of primary sulfonamides is 1. The van der Waals surface area contributed by atoms with E-state index < -0.39 is 10.0 Å². The number of rotatable bonds is 3. The van der Waals surface area contributed by atoms with Crippen molar-refractivity contribution < 1.29 is 8.42 Å². The first-order valence-corrected chi connectivity index (χ1v) is 7.54. The number of hydrogen-bond donors (Lipinski definition) is 3. The Morgan fingerprint density at radius 2 is 2.11 bits per heavy atom. The fraction of sp³-hybridized carbons (Fsp3) is 0.500. The Labute approximate surface area is 108 Å². The van der Waals surface area contributed by atoms with Gasteiger partial charge in [-0.25, -0.2) is 13.6 Å². The van der Waals surface area contributed by atoms with E-state index in [1.165, 1.54) is 0 Å². The highest BCUT2D eigenvalue weighted by molar-refractivity contribution is 7.89. The van der Waals surface area contributed by atoms with Crippen molar-refractivity contribution in [2.24, 2.45) is 5.14 Å². The van der Waals surface area contributed by atoms with Crippen LogP contribution in [0.3, 0.4) is 0 Å². The van der Waals surface area contributed by atoms with E-state index >= 15 is 0 Å². The summed E-state index contributed by atoms with van der Waals surface area (Å²) in [4.78, 5) is 0.166. The van der Waals surface area contributed by atoms with E-state index in [0.717, 1.165) is 36.3 Å². The highest BCUT2D eigenvalue weighted by Crippen LogP contribution is 2.24.